The number of carbonyl (C=O) groups excluding carboxylic acids is 1. The maximum atomic E-state index is 12.3. The first-order chi connectivity index (χ1) is 9.11. The Morgan fingerprint density at radius 2 is 2.00 bits per heavy atom. The lowest BCUT2D eigenvalue weighted by atomic mass is 10.0. The van der Waals surface area contributed by atoms with Crippen LogP contribution in [0.2, 0.25) is 0 Å². The standard InChI is InChI=1S/C15H22N2O2.ClH/c1-17(15(18)13-4-3-5-14(13)16)10-11-6-8-12(19-2)9-7-11;/h6-9,13-14H,3-5,10,16H2,1-2H3;1H. The SMILES string of the molecule is COc1ccc(CN(C)C(=O)C2CCCC2N)cc1.Cl. The first kappa shape index (κ1) is 16.8. The summed E-state index contributed by atoms with van der Waals surface area (Å²) in [6.45, 7) is 0.617. The van der Waals surface area contributed by atoms with Crippen molar-refractivity contribution in [3.05, 3.63) is 29.8 Å². The van der Waals surface area contributed by atoms with E-state index in [9.17, 15) is 4.79 Å². The van der Waals surface area contributed by atoms with Gasteiger partial charge in [-0.2, -0.15) is 0 Å². The Hall–Kier alpha value is -1.26. The van der Waals surface area contributed by atoms with Crippen molar-refractivity contribution in [2.24, 2.45) is 11.7 Å². The third kappa shape index (κ3) is 3.87. The second kappa shape index (κ2) is 7.50. The fraction of sp³-hybridized carbons (Fsp3) is 0.533. The highest BCUT2D eigenvalue weighted by Gasteiger charge is 2.32. The number of nitrogens with zero attached hydrogens (tertiary/aromatic N) is 1. The highest BCUT2D eigenvalue weighted by molar-refractivity contribution is 5.85. The number of hydrogen-bond donors (Lipinski definition) is 1. The Kier molecular flexibility index (Phi) is 6.30. The summed E-state index contributed by atoms with van der Waals surface area (Å²) < 4.78 is 5.12. The predicted octanol–water partition coefficient (Wildman–Crippen LogP) is 2.20. The Morgan fingerprint density at radius 3 is 2.50 bits per heavy atom. The van der Waals surface area contributed by atoms with Gasteiger partial charge in [0.15, 0.2) is 0 Å². The lowest BCUT2D eigenvalue weighted by Gasteiger charge is -2.23. The number of nitrogens with two attached hydrogens (primary N) is 1. The van der Waals surface area contributed by atoms with Crippen LogP contribution in [0.5, 0.6) is 5.75 Å². The molecule has 2 N–H and O–H groups in total. The fourth-order valence-electron chi connectivity index (χ4n) is 2.66. The number of carbonyl (C=O) groups is 1. The van der Waals surface area contributed by atoms with E-state index in [1.54, 1.807) is 12.0 Å². The fourth-order valence-corrected chi connectivity index (χ4v) is 2.66. The van der Waals surface area contributed by atoms with Crippen molar-refractivity contribution in [2.45, 2.75) is 31.8 Å². The van der Waals surface area contributed by atoms with Crippen molar-refractivity contribution in [1.29, 1.82) is 0 Å². The quantitative estimate of drug-likeness (QED) is 0.927. The van der Waals surface area contributed by atoms with Crippen molar-refractivity contribution >= 4 is 18.3 Å². The second-order valence-electron chi connectivity index (χ2n) is 5.24. The van der Waals surface area contributed by atoms with E-state index < -0.39 is 0 Å². The van der Waals surface area contributed by atoms with Crippen LogP contribution in [0.4, 0.5) is 0 Å². The molecule has 20 heavy (non-hydrogen) atoms. The lowest BCUT2D eigenvalue weighted by molar-refractivity contribution is -0.134. The van der Waals surface area contributed by atoms with Crippen molar-refractivity contribution in [3.8, 4) is 5.75 Å². The molecule has 0 radical (unpaired) electrons. The molecule has 0 aromatic heterocycles. The number of halogens is 1. The number of ether oxygens (including phenoxy) is 1. The number of benzene rings is 1. The summed E-state index contributed by atoms with van der Waals surface area (Å²) in [7, 11) is 3.49. The Labute approximate surface area is 126 Å². The van der Waals surface area contributed by atoms with Crippen LogP contribution in [0.25, 0.3) is 0 Å². The van der Waals surface area contributed by atoms with E-state index in [2.05, 4.69) is 0 Å². The summed E-state index contributed by atoms with van der Waals surface area (Å²) in [5, 5.41) is 0. The maximum Gasteiger partial charge on any atom is 0.227 e. The lowest BCUT2D eigenvalue weighted by Crippen LogP contribution is -2.39. The molecule has 2 rings (SSSR count). The van der Waals surface area contributed by atoms with Gasteiger partial charge in [0.05, 0.1) is 13.0 Å². The largest absolute Gasteiger partial charge is 0.497 e. The molecule has 2 unspecified atom stereocenters. The van der Waals surface area contributed by atoms with Gasteiger partial charge in [0.25, 0.3) is 0 Å². The topological polar surface area (TPSA) is 55.6 Å². The van der Waals surface area contributed by atoms with Crippen molar-refractivity contribution < 1.29 is 9.53 Å². The molecule has 0 spiro atoms. The number of rotatable bonds is 4. The molecule has 5 heteroatoms. The van der Waals surface area contributed by atoms with Gasteiger partial charge in [-0.3, -0.25) is 4.79 Å². The second-order valence-corrected chi connectivity index (χ2v) is 5.24. The Bertz CT molecular complexity index is 436. The van der Waals surface area contributed by atoms with Gasteiger partial charge in [0, 0.05) is 19.6 Å². The van der Waals surface area contributed by atoms with Gasteiger partial charge in [0.1, 0.15) is 5.75 Å². The van der Waals surface area contributed by atoms with Crippen LogP contribution in [0, 0.1) is 5.92 Å². The highest BCUT2D eigenvalue weighted by atomic mass is 35.5. The van der Waals surface area contributed by atoms with E-state index >= 15 is 0 Å². The normalized spacial score (nSPS) is 21.1. The molecule has 4 nitrogen and oxygen atoms in total. The van der Waals surface area contributed by atoms with E-state index in [4.69, 9.17) is 10.5 Å². The van der Waals surface area contributed by atoms with Gasteiger partial charge in [-0.25, -0.2) is 0 Å². The summed E-state index contributed by atoms with van der Waals surface area (Å²) in [4.78, 5) is 14.1. The molecule has 1 aromatic carbocycles. The molecule has 1 aliphatic carbocycles. The summed E-state index contributed by atoms with van der Waals surface area (Å²) in [5.41, 5.74) is 7.09. The minimum Gasteiger partial charge on any atom is -0.497 e. The molecule has 1 saturated carbocycles. The molecular formula is C15H23ClN2O2. The van der Waals surface area contributed by atoms with Gasteiger partial charge in [-0.15, -0.1) is 12.4 Å². The van der Waals surface area contributed by atoms with Crippen molar-refractivity contribution in [2.75, 3.05) is 14.2 Å². The van der Waals surface area contributed by atoms with Crippen molar-refractivity contribution in [3.63, 3.8) is 0 Å². The van der Waals surface area contributed by atoms with Crippen LogP contribution in [-0.4, -0.2) is 31.0 Å². The van der Waals surface area contributed by atoms with Crippen LogP contribution in [-0.2, 0) is 11.3 Å². The molecule has 0 aliphatic heterocycles. The smallest absolute Gasteiger partial charge is 0.227 e. The first-order valence-electron chi connectivity index (χ1n) is 6.75. The molecule has 1 fully saturated rings. The van der Waals surface area contributed by atoms with E-state index in [0.717, 1.165) is 30.6 Å². The van der Waals surface area contributed by atoms with Crippen LogP contribution in [0.1, 0.15) is 24.8 Å². The predicted molar refractivity (Wildman–Crippen MR) is 82.0 cm³/mol. The molecule has 0 saturated heterocycles. The molecule has 0 heterocycles. The van der Waals surface area contributed by atoms with E-state index in [1.807, 2.05) is 31.3 Å². The number of hydrogen-bond acceptors (Lipinski definition) is 3. The van der Waals surface area contributed by atoms with Gasteiger partial charge < -0.3 is 15.4 Å². The van der Waals surface area contributed by atoms with Gasteiger partial charge >= 0.3 is 0 Å². The molecule has 1 aliphatic rings. The van der Waals surface area contributed by atoms with Gasteiger partial charge in [0.2, 0.25) is 5.91 Å². The molecular weight excluding hydrogens is 276 g/mol. The number of amides is 1. The monoisotopic (exact) mass is 298 g/mol. The van der Waals surface area contributed by atoms with Gasteiger partial charge in [-0.1, -0.05) is 18.6 Å². The third-order valence-corrected chi connectivity index (χ3v) is 3.84. The summed E-state index contributed by atoms with van der Waals surface area (Å²) >= 11 is 0. The zero-order chi connectivity index (χ0) is 13.8. The summed E-state index contributed by atoms with van der Waals surface area (Å²) in [6.07, 6.45) is 2.95. The van der Waals surface area contributed by atoms with Crippen molar-refractivity contribution in [1.82, 2.24) is 4.90 Å². The molecule has 1 aromatic rings. The molecule has 2 atom stereocenters. The zero-order valence-electron chi connectivity index (χ0n) is 12.0. The van der Waals surface area contributed by atoms with E-state index in [-0.39, 0.29) is 30.3 Å². The van der Waals surface area contributed by atoms with Gasteiger partial charge in [-0.05, 0) is 30.5 Å². The Morgan fingerprint density at radius 1 is 1.35 bits per heavy atom. The first-order valence-corrected chi connectivity index (χ1v) is 6.75. The third-order valence-electron chi connectivity index (χ3n) is 3.84. The number of methoxy groups -OCH3 is 1. The average molecular weight is 299 g/mol. The summed E-state index contributed by atoms with van der Waals surface area (Å²) in [6, 6.07) is 7.82. The van der Waals surface area contributed by atoms with Crippen LogP contribution in [0.15, 0.2) is 24.3 Å². The zero-order valence-corrected chi connectivity index (χ0v) is 12.9. The molecule has 0 bridgehead atoms. The highest BCUT2D eigenvalue weighted by Crippen LogP contribution is 2.26. The molecule has 1 amide bonds. The summed E-state index contributed by atoms with van der Waals surface area (Å²) in [5.74, 6) is 1.000. The minimum absolute atomic E-state index is 0. The van der Waals surface area contributed by atoms with Crippen LogP contribution < -0.4 is 10.5 Å². The average Bonchev–Trinajstić information content (AvgIpc) is 2.85. The minimum atomic E-state index is 0. The molecule has 112 valence electrons. The van der Waals surface area contributed by atoms with Crippen LogP contribution >= 0.6 is 12.4 Å². The van der Waals surface area contributed by atoms with E-state index in [0.29, 0.717) is 6.54 Å². The Balaban J connectivity index is 0.00000200. The van der Waals surface area contributed by atoms with E-state index in [1.165, 1.54) is 0 Å². The van der Waals surface area contributed by atoms with Crippen LogP contribution in [0.3, 0.4) is 0 Å². The maximum absolute atomic E-state index is 12.3.